The van der Waals surface area contributed by atoms with Gasteiger partial charge < -0.3 is 15.6 Å². The number of carbonyl (C=O) groups excluding carboxylic acids is 1. The molecule has 3 aromatic rings. The SMILES string of the molecule is C=C/C(=C\Nc1ccccc1)C1(NC(=O)c2cc3cc(C#N)ccc3[nH]2)CC1C. The monoisotopic (exact) mass is 382 g/mol. The highest BCUT2D eigenvalue weighted by Gasteiger charge is 2.54. The Morgan fingerprint density at radius 2 is 2.03 bits per heavy atom. The van der Waals surface area contributed by atoms with Crippen LogP contribution in [-0.2, 0) is 0 Å². The summed E-state index contributed by atoms with van der Waals surface area (Å²) >= 11 is 0. The molecular formula is C24H22N4O. The van der Waals surface area contributed by atoms with Gasteiger partial charge in [0.2, 0.25) is 0 Å². The molecule has 0 spiro atoms. The summed E-state index contributed by atoms with van der Waals surface area (Å²) in [5, 5.41) is 16.4. The molecule has 2 aromatic carbocycles. The third kappa shape index (κ3) is 3.53. The van der Waals surface area contributed by atoms with Crippen molar-refractivity contribution in [1.29, 1.82) is 5.26 Å². The van der Waals surface area contributed by atoms with E-state index in [4.69, 9.17) is 5.26 Å². The smallest absolute Gasteiger partial charge is 0.268 e. The van der Waals surface area contributed by atoms with Crippen LogP contribution in [0.5, 0.6) is 0 Å². The second-order valence-electron chi connectivity index (χ2n) is 7.44. The summed E-state index contributed by atoms with van der Waals surface area (Å²) in [6.07, 6.45) is 4.56. The lowest BCUT2D eigenvalue weighted by Gasteiger charge is -2.20. The van der Waals surface area contributed by atoms with Crippen molar-refractivity contribution >= 4 is 22.5 Å². The van der Waals surface area contributed by atoms with Gasteiger partial charge >= 0.3 is 0 Å². The molecular weight excluding hydrogens is 360 g/mol. The number of rotatable bonds is 6. The Bertz CT molecular complexity index is 1150. The number of aromatic nitrogens is 1. The molecule has 1 fully saturated rings. The van der Waals surface area contributed by atoms with Crippen LogP contribution in [0.2, 0.25) is 0 Å². The molecule has 3 N–H and O–H groups in total. The minimum atomic E-state index is -0.435. The van der Waals surface area contributed by atoms with Crippen molar-refractivity contribution in [3.05, 3.63) is 90.3 Å². The zero-order valence-corrected chi connectivity index (χ0v) is 16.2. The summed E-state index contributed by atoms with van der Waals surface area (Å²) in [6, 6.07) is 19.1. The van der Waals surface area contributed by atoms with Crippen LogP contribution in [0.15, 0.2) is 79.0 Å². The Balaban J connectivity index is 1.56. The summed E-state index contributed by atoms with van der Waals surface area (Å²) < 4.78 is 0. The number of benzene rings is 2. The molecule has 1 amide bonds. The Morgan fingerprint density at radius 1 is 1.28 bits per heavy atom. The van der Waals surface area contributed by atoms with Crippen LogP contribution in [0, 0.1) is 17.2 Å². The van der Waals surface area contributed by atoms with Gasteiger partial charge in [0.05, 0.1) is 17.2 Å². The van der Waals surface area contributed by atoms with E-state index >= 15 is 0 Å². The minimum absolute atomic E-state index is 0.170. The fourth-order valence-electron chi connectivity index (χ4n) is 3.73. The predicted octanol–water partition coefficient (Wildman–Crippen LogP) is 4.73. The highest BCUT2D eigenvalue weighted by molar-refractivity contribution is 5.99. The van der Waals surface area contributed by atoms with Crippen LogP contribution in [0.1, 0.15) is 29.4 Å². The third-order valence-corrected chi connectivity index (χ3v) is 5.54. The molecule has 2 unspecified atom stereocenters. The number of H-pyrrole nitrogens is 1. The number of para-hydroxylation sites is 1. The number of carbonyl (C=O) groups is 1. The highest BCUT2D eigenvalue weighted by Crippen LogP contribution is 2.49. The summed E-state index contributed by atoms with van der Waals surface area (Å²) in [6.45, 7) is 6.07. The summed E-state index contributed by atoms with van der Waals surface area (Å²) in [5.74, 6) is 0.138. The van der Waals surface area contributed by atoms with Crippen molar-refractivity contribution in [2.75, 3.05) is 5.32 Å². The first-order valence-electron chi connectivity index (χ1n) is 9.56. The van der Waals surface area contributed by atoms with Crippen LogP contribution in [-0.4, -0.2) is 16.4 Å². The molecule has 2 atom stereocenters. The lowest BCUT2D eigenvalue weighted by atomic mass is 10.0. The standard InChI is InChI=1S/C24H22N4O/c1-3-19(15-26-20-7-5-4-6-8-20)24(13-16(24)2)28-23(29)22-12-18-11-17(14-25)9-10-21(18)27-22/h3-12,15-16,26-27H,1,13H2,2H3,(H,28,29)/b19-15+. The average Bonchev–Trinajstić information content (AvgIpc) is 3.19. The van der Waals surface area contributed by atoms with Crippen molar-refractivity contribution in [1.82, 2.24) is 10.3 Å². The summed E-state index contributed by atoms with van der Waals surface area (Å²) in [7, 11) is 0. The van der Waals surface area contributed by atoms with Gasteiger partial charge in [-0.25, -0.2) is 0 Å². The molecule has 5 heteroatoms. The molecule has 0 bridgehead atoms. The van der Waals surface area contributed by atoms with Crippen molar-refractivity contribution in [3.8, 4) is 6.07 Å². The van der Waals surface area contributed by atoms with E-state index in [1.807, 2.05) is 42.6 Å². The van der Waals surface area contributed by atoms with Gasteiger partial charge in [0.25, 0.3) is 5.91 Å². The van der Waals surface area contributed by atoms with E-state index in [0.29, 0.717) is 17.2 Å². The van der Waals surface area contributed by atoms with Crippen LogP contribution in [0.25, 0.3) is 10.9 Å². The molecule has 0 radical (unpaired) electrons. The Hall–Kier alpha value is -3.78. The lowest BCUT2D eigenvalue weighted by molar-refractivity contribution is 0.0932. The molecule has 1 aliphatic rings. The predicted molar refractivity (Wildman–Crippen MR) is 115 cm³/mol. The van der Waals surface area contributed by atoms with Gasteiger partial charge in [-0.1, -0.05) is 37.8 Å². The number of aromatic amines is 1. The maximum Gasteiger partial charge on any atom is 0.268 e. The van der Waals surface area contributed by atoms with Crippen molar-refractivity contribution < 1.29 is 4.79 Å². The maximum absolute atomic E-state index is 13.0. The molecule has 5 nitrogen and oxygen atoms in total. The van der Waals surface area contributed by atoms with E-state index in [2.05, 4.69) is 35.2 Å². The molecule has 1 saturated carbocycles. The molecule has 0 saturated heterocycles. The summed E-state index contributed by atoms with van der Waals surface area (Å²) in [5.41, 5.74) is 3.37. The first-order valence-corrected chi connectivity index (χ1v) is 9.56. The Labute approximate surface area is 169 Å². The molecule has 144 valence electrons. The second kappa shape index (κ2) is 7.33. The third-order valence-electron chi connectivity index (χ3n) is 5.54. The molecule has 1 aromatic heterocycles. The minimum Gasteiger partial charge on any atom is -0.361 e. The van der Waals surface area contributed by atoms with E-state index in [0.717, 1.165) is 28.6 Å². The Kier molecular flexibility index (Phi) is 4.69. The van der Waals surface area contributed by atoms with E-state index < -0.39 is 5.54 Å². The maximum atomic E-state index is 13.0. The van der Waals surface area contributed by atoms with Gasteiger partial charge in [-0.2, -0.15) is 5.26 Å². The van der Waals surface area contributed by atoms with E-state index in [1.165, 1.54) is 0 Å². The van der Waals surface area contributed by atoms with E-state index in [9.17, 15) is 4.79 Å². The largest absolute Gasteiger partial charge is 0.361 e. The first kappa shape index (κ1) is 18.6. The number of hydrogen-bond donors (Lipinski definition) is 3. The number of nitrogens with one attached hydrogen (secondary N) is 3. The number of amides is 1. The quantitative estimate of drug-likeness (QED) is 0.539. The highest BCUT2D eigenvalue weighted by atomic mass is 16.2. The van der Waals surface area contributed by atoms with Gasteiger partial charge in [0.1, 0.15) is 5.69 Å². The van der Waals surface area contributed by atoms with Crippen molar-refractivity contribution in [3.63, 3.8) is 0 Å². The van der Waals surface area contributed by atoms with Crippen LogP contribution < -0.4 is 10.6 Å². The number of anilines is 1. The van der Waals surface area contributed by atoms with E-state index in [-0.39, 0.29) is 5.91 Å². The number of nitrogens with zero attached hydrogens (tertiary/aromatic N) is 1. The zero-order chi connectivity index (χ0) is 20.4. The van der Waals surface area contributed by atoms with Crippen molar-refractivity contribution in [2.45, 2.75) is 18.9 Å². The average molecular weight is 382 g/mol. The fraction of sp³-hybridized carbons (Fsp3) is 0.167. The van der Waals surface area contributed by atoms with Gasteiger partial charge in [-0.05, 0) is 54.3 Å². The van der Waals surface area contributed by atoms with Gasteiger partial charge in [0, 0.05) is 22.8 Å². The first-order chi connectivity index (χ1) is 14.1. The van der Waals surface area contributed by atoms with Crippen LogP contribution in [0.4, 0.5) is 5.69 Å². The van der Waals surface area contributed by atoms with Crippen molar-refractivity contribution in [2.24, 2.45) is 5.92 Å². The van der Waals surface area contributed by atoms with Crippen LogP contribution >= 0.6 is 0 Å². The molecule has 4 rings (SSSR count). The lowest BCUT2D eigenvalue weighted by Crippen LogP contribution is -2.40. The van der Waals surface area contributed by atoms with E-state index in [1.54, 1.807) is 24.3 Å². The second-order valence-corrected chi connectivity index (χ2v) is 7.44. The summed E-state index contributed by atoms with van der Waals surface area (Å²) in [4.78, 5) is 16.1. The number of hydrogen-bond acceptors (Lipinski definition) is 3. The molecule has 1 aliphatic carbocycles. The Morgan fingerprint density at radius 3 is 2.69 bits per heavy atom. The number of nitriles is 1. The molecule has 29 heavy (non-hydrogen) atoms. The van der Waals surface area contributed by atoms with Gasteiger partial charge in [-0.3, -0.25) is 4.79 Å². The fourth-order valence-corrected chi connectivity index (χ4v) is 3.73. The van der Waals surface area contributed by atoms with Crippen LogP contribution in [0.3, 0.4) is 0 Å². The van der Waals surface area contributed by atoms with Gasteiger partial charge in [0.15, 0.2) is 0 Å². The topological polar surface area (TPSA) is 80.7 Å². The molecule has 0 aliphatic heterocycles. The number of fused-ring (bicyclic) bond motifs is 1. The van der Waals surface area contributed by atoms with Gasteiger partial charge in [-0.15, -0.1) is 0 Å². The normalized spacial score (nSPS) is 20.7. The molecule has 1 heterocycles. The zero-order valence-electron chi connectivity index (χ0n) is 16.2.